The Morgan fingerprint density at radius 2 is 1.93 bits per heavy atom. The van der Waals surface area contributed by atoms with Gasteiger partial charge < -0.3 is 9.47 Å². The fourth-order valence-corrected chi connectivity index (χ4v) is 1.11. The van der Waals surface area contributed by atoms with Crippen molar-refractivity contribution in [2.24, 2.45) is 0 Å². The van der Waals surface area contributed by atoms with Crippen LogP contribution in [0.4, 0.5) is 0 Å². The maximum atomic E-state index is 11.1. The fourth-order valence-electron chi connectivity index (χ4n) is 0.984. The van der Waals surface area contributed by atoms with Gasteiger partial charge in [-0.05, 0) is 31.2 Å². The highest BCUT2D eigenvalue weighted by Gasteiger charge is 2.05. The highest BCUT2D eigenvalue weighted by Crippen LogP contribution is 2.15. The first-order valence-corrected chi connectivity index (χ1v) is 4.68. The molecule has 0 aliphatic carbocycles. The molecule has 1 unspecified atom stereocenters. The van der Waals surface area contributed by atoms with Gasteiger partial charge in [0.05, 0.1) is 12.7 Å². The minimum atomic E-state index is -0.351. The molecule has 0 radical (unpaired) electrons. The molecular weight excluding hydrogens is 200 g/mol. The molecule has 3 nitrogen and oxygen atoms in total. The van der Waals surface area contributed by atoms with Crippen molar-refractivity contribution in [1.82, 2.24) is 0 Å². The number of carbonyl (C=O) groups is 1. The molecule has 0 N–H and O–H groups in total. The summed E-state index contributed by atoms with van der Waals surface area (Å²) in [7, 11) is 1.35. The monoisotopic (exact) mass is 212 g/mol. The van der Waals surface area contributed by atoms with Crippen LogP contribution in [0.1, 0.15) is 17.3 Å². The minimum Gasteiger partial charge on any atom is -0.480 e. The van der Waals surface area contributed by atoms with Crippen LogP contribution in [0.25, 0.3) is 0 Å². The second kappa shape index (κ2) is 4.91. The molecule has 0 aromatic heterocycles. The van der Waals surface area contributed by atoms with E-state index in [1.54, 1.807) is 24.3 Å². The second-order valence-corrected chi connectivity index (χ2v) is 3.46. The van der Waals surface area contributed by atoms with Gasteiger partial charge in [0.2, 0.25) is 0 Å². The Morgan fingerprint density at radius 3 is 2.36 bits per heavy atom. The van der Waals surface area contributed by atoms with Crippen LogP contribution < -0.4 is 4.74 Å². The van der Waals surface area contributed by atoms with Gasteiger partial charge in [-0.25, -0.2) is 4.79 Å². The van der Waals surface area contributed by atoms with Crippen LogP contribution in [-0.4, -0.2) is 18.5 Å². The van der Waals surface area contributed by atoms with E-state index in [2.05, 4.69) is 17.4 Å². The van der Waals surface area contributed by atoms with Crippen molar-refractivity contribution in [2.45, 2.75) is 12.4 Å². The van der Waals surface area contributed by atoms with Crippen LogP contribution in [0.15, 0.2) is 24.3 Å². The van der Waals surface area contributed by atoms with Crippen LogP contribution in [0.2, 0.25) is 0 Å². The summed E-state index contributed by atoms with van der Waals surface area (Å²) in [6.07, 6.45) is 0. The molecule has 0 aliphatic heterocycles. The molecule has 0 saturated carbocycles. The number of thiol groups is 1. The average Bonchev–Trinajstić information content (AvgIpc) is 2.17. The summed E-state index contributed by atoms with van der Waals surface area (Å²) in [4.78, 5) is 11.1. The summed E-state index contributed by atoms with van der Waals surface area (Å²) < 4.78 is 9.86. The van der Waals surface area contributed by atoms with Crippen molar-refractivity contribution < 1.29 is 14.3 Å². The zero-order valence-electron chi connectivity index (χ0n) is 8.06. The number of esters is 1. The topological polar surface area (TPSA) is 35.5 Å². The molecule has 4 heteroatoms. The summed E-state index contributed by atoms with van der Waals surface area (Å²) in [5.41, 5.74) is 0.339. The largest absolute Gasteiger partial charge is 0.480 e. The van der Waals surface area contributed by atoms with E-state index in [9.17, 15) is 4.79 Å². The van der Waals surface area contributed by atoms with Gasteiger partial charge in [0.25, 0.3) is 0 Å². The van der Waals surface area contributed by atoms with Gasteiger partial charge in [0.15, 0.2) is 0 Å². The van der Waals surface area contributed by atoms with Crippen molar-refractivity contribution in [3.05, 3.63) is 29.8 Å². The number of hydrogen-bond donors (Lipinski definition) is 1. The summed E-state index contributed by atoms with van der Waals surface area (Å²) in [5, 5.41) is 0. The molecule has 0 fully saturated rings. The third kappa shape index (κ3) is 2.96. The van der Waals surface area contributed by atoms with Gasteiger partial charge in [0, 0.05) is 0 Å². The molecule has 76 valence electrons. The minimum absolute atomic E-state index is 0.168. The van der Waals surface area contributed by atoms with E-state index in [1.165, 1.54) is 7.11 Å². The van der Waals surface area contributed by atoms with E-state index in [0.717, 1.165) is 0 Å². The Morgan fingerprint density at radius 1 is 1.36 bits per heavy atom. The van der Waals surface area contributed by atoms with Crippen molar-refractivity contribution in [1.29, 1.82) is 0 Å². The van der Waals surface area contributed by atoms with Gasteiger partial charge in [-0.15, -0.1) is 12.6 Å². The Kier molecular flexibility index (Phi) is 3.83. The van der Waals surface area contributed by atoms with Crippen LogP contribution in [-0.2, 0) is 4.74 Å². The van der Waals surface area contributed by atoms with Crippen LogP contribution in [0.5, 0.6) is 5.75 Å². The first-order chi connectivity index (χ1) is 6.63. The van der Waals surface area contributed by atoms with Crippen LogP contribution >= 0.6 is 12.6 Å². The summed E-state index contributed by atoms with van der Waals surface area (Å²) in [5.74, 6) is 0.329. The van der Waals surface area contributed by atoms with E-state index < -0.39 is 0 Å². The molecule has 0 amide bonds. The number of carbonyl (C=O) groups excluding carboxylic acids is 1. The predicted octanol–water partition coefficient (Wildman–Crippen LogP) is 2.13. The molecule has 1 rings (SSSR count). The summed E-state index contributed by atoms with van der Waals surface area (Å²) in [6, 6.07) is 6.71. The Balaban J connectivity index is 2.73. The quantitative estimate of drug-likeness (QED) is 0.473. The molecule has 1 atom stereocenters. The highest BCUT2D eigenvalue weighted by molar-refractivity contribution is 7.80. The van der Waals surface area contributed by atoms with E-state index in [1.807, 2.05) is 6.92 Å². The lowest BCUT2D eigenvalue weighted by Gasteiger charge is -2.08. The maximum Gasteiger partial charge on any atom is 0.337 e. The summed E-state index contributed by atoms with van der Waals surface area (Å²) in [6.45, 7) is 1.82. The standard InChI is InChI=1S/C10H12O3S/c1-7(14)13-9-5-3-8(4-6-9)10(11)12-2/h3-7,14H,1-2H3. The van der Waals surface area contributed by atoms with E-state index in [0.29, 0.717) is 11.3 Å². The normalized spacial score (nSPS) is 11.9. The maximum absolute atomic E-state index is 11.1. The molecule has 0 spiro atoms. The number of rotatable bonds is 3. The van der Waals surface area contributed by atoms with Gasteiger partial charge >= 0.3 is 5.97 Å². The first kappa shape index (κ1) is 10.9. The Hall–Kier alpha value is -1.16. The average molecular weight is 212 g/mol. The third-order valence-electron chi connectivity index (χ3n) is 1.58. The summed E-state index contributed by atoms with van der Waals surface area (Å²) >= 11 is 4.08. The number of methoxy groups -OCH3 is 1. The van der Waals surface area contributed by atoms with E-state index >= 15 is 0 Å². The molecule has 0 aliphatic rings. The fraction of sp³-hybridized carbons (Fsp3) is 0.300. The van der Waals surface area contributed by atoms with Crippen LogP contribution in [0, 0.1) is 0 Å². The third-order valence-corrected chi connectivity index (χ3v) is 1.69. The van der Waals surface area contributed by atoms with Crippen molar-refractivity contribution in [3.8, 4) is 5.75 Å². The van der Waals surface area contributed by atoms with Crippen molar-refractivity contribution in [2.75, 3.05) is 7.11 Å². The molecule has 1 aromatic carbocycles. The van der Waals surface area contributed by atoms with Gasteiger partial charge in [-0.1, -0.05) is 0 Å². The predicted molar refractivity (Wildman–Crippen MR) is 56.9 cm³/mol. The lowest BCUT2D eigenvalue weighted by Crippen LogP contribution is -2.04. The number of ether oxygens (including phenoxy) is 2. The Bertz CT molecular complexity index is 306. The second-order valence-electron chi connectivity index (χ2n) is 2.73. The molecule has 0 heterocycles. The van der Waals surface area contributed by atoms with Gasteiger partial charge in [-0.3, -0.25) is 0 Å². The first-order valence-electron chi connectivity index (χ1n) is 4.16. The van der Waals surface area contributed by atoms with Crippen molar-refractivity contribution >= 4 is 18.6 Å². The lowest BCUT2D eigenvalue weighted by atomic mass is 10.2. The lowest BCUT2D eigenvalue weighted by molar-refractivity contribution is 0.0600. The highest BCUT2D eigenvalue weighted by atomic mass is 32.1. The molecule has 0 saturated heterocycles. The van der Waals surface area contributed by atoms with Crippen LogP contribution in [0.3, 0.4) is 0 Å². The zero-order valence-corrected chi connectivity index (χ0v) is 8.95. The number of benzene rings is 1. The van der Waals surface area contributed by atoms with Gasteiger partial charge in [-0.2, -0.15) is 0 Å². The Labute approximate surface area is 88.4 Å². The molecular formula is C10H12O3S. The number of hydrogen-bond acceptors (Lipinski definition) is 4. The smallest absolute Gasteiger partial charge is 0.337 e. The van der Waals surface area contributed by atoms with E-state index in [4.69, 9.17) is 4.74 Å². The zero-order chi connectivity index (χ0) is 10.6. The molecule has 0 bridgehead atoms. The van der Waals surface area contributed by atoms with Gasteiger partial charge in [0.1, 0.15) is 11.2 Å². The SMILES string of the molecule is COC(=O)c1ccc(OC(C)S)cc1. The van der Waals surface area contributed by atoms with Crippen molar-refractivity contribution in [3.63, 3.8) is 0 Å². The van der Waals surface area contributed by atoms with E-state index in [-0.39, 0.29) is 11.4 Å². The molecule has 14 heavy (non-hydrogen) atoms. The molecule has 1 aromatic rings.